The van der Waals surface area contributed by atoms with Crippen molar-refractivity contribution in [2.24, 2.45) is 5.73 Å². The van der Waals surface area contributed by atoms with Gasteiger partial charge in [-0.25, -0.2) is 4.98 Å². The number of hydrogen-bond acceptors (Lipinski definition) is 6. The molecule has 3 heterocycles. The lowest BCUT2D eigenvalue weighted by Crippen LogP contribution is -2.47. The highest BCUT2D eigenvalue weighted by Crippen LogP contribution is 2.34. The lowest BCUT2D eigenvalue weighted by Gasteiger charge is -2.35. The Kier molecular flexibility index (Phi) is 6.31. The standard InChI is InChI=1S/C22H26ClN5O3/c1-31-20-10-15(14-29)17(12-18(20)23)19-13-28-5-2-16(11-22(28)25-19)27-8-6-26(7-9-27)4-3-21(24)30/h2,5,10-13,29H,3-4,6-9,14H2,1H3,(H2,24,30). The Hall–Kier alpha value is -2.81. The molecule has 0 spiro atoms. The van der Waals surface area contributed by atoms with Crippen LogP contribution in [0.3, 0.4) is 0 Å². The summed E-state index contributed by atoms with van der Waals surface area (Å²) in [5, 5.41) is 10.3. The Morgan fingerprint density at radius 2 is 2.03 bits per heavy atom. The average Bonchev–Trinajstić information content (AvgIpc) is 3.21. The van der Waals surface area contributed by atoms with Gasteiger partial charge >= 0.3 is 0 Å². The van der Waals surface area contributed by atoms with E-state index >= 15 is 0 Å². The molecule has 1 aromatic carbocycles. The van der Waals surface area contributed by atoms with E-state index in [1.807, 2.05) is 16.8 Å². The van der Waals surface area contributed by atoms with Crippen LogP contribution in [0, 0.1) is 0 Å². The fourth-order valence-corrected chi connectivity index (χ4v) is 4.16. The van der Waals surface area contributed by atoms with E-state index in [-0.39, 0.29) is 12.5 Å². The molecule has 0 saturated carbocycles. The number of amides is 1. The Labute approximate surface area is 185 Å². The van der Waals surface area contributed by atoms with E-state index in [2.05, 4.69) is 21.9 Å². The molecule has 164 valence electrons. The van der Waals surface area contributed by atoms with Crippen molar-refractivity contribution in [3.05, 3.63) is 47.2 Å². The molecule has 0 unspecified atom stereocenters. The quantitative estimate of drug-likeness (QED) is 0.581. The second-order valence-electron chi connectivity index (χ2n) is 7.62. The van der Waals surface area contributed by atoms with Gasteiger partial charge in [0.1, 0.15) is 11.4 Å². The summed E-state index contributed by atoms with van der Waals surface area (Å²) in [6.07, 6.45) is 4.32. The lowest BCUT2D eigenvalue weighted by molar-refractivity contribution is -0.118. The van der Waals surface area contributed by atoms with Gasteiger partial charge in [0.2, 0.25) is 5.91 Å². The Morgan fingerprint density at radius 3 is 2.71 bits per heavy atom. The number of rotatable bonds is 7. The van der Waals surface area contributed by atoms with Crippen LogP contribution >= 0.6 is 11.6 Å². The van der Waals surface area contributed by atoms with E-state index < -0.39 is 0 Å². The number of carbonyl (C=O) groups excluding carboxylic acids is 1. The predicted molar refractivity (Wildman–Crippen MR) is 121 cm³/mol. The number of aromatic nitrogens is 2. The van der Waals surface area contributed by atoms with Crippen LogP contribution in [0.15, 0.2) is 36.7 Å². The molecule has 0 bridgehead atoms. The number of primary amides is 1. The third kappa shape index (κ3) is 4.61. The number of fused-ring (bicyclic) bond motifs is 1. The molecule has 0 radical (unpaired) electrons. The average molecular weight is 444 g/mol. The van der Waals surface area contributed by atoms with Crippen molar-refractivity contribution in [1.82, 2.24) is 14.3 Å². The van der Waals surface area contributed by atoms with E-state index in [1.165, 1.54) is 0 Å². The summed E-state index contributed by atoms with van der Waals surface area (Å²) in [6.45, 7) is 4.12. The molecule has 1 aliphatic rings. The number of halogens is 1. The molecule has 1 saturated heterocycles. The summed E-state index contributed by atoms with van der Waals surface area (Å²) in [5.74, 6) is 0.265. The molecule has 0 atom stereocenters. The normalized spacial score (nSPS) is 14.9. The van der Waals surface area contributed by atoms with Crippen molar-refractivity contribution in [2.75, 3.05) is 44.7 Å². The van der Waals surface area contributed by atoms with Gasteiger partial charge in [-0.1, -0.05) is 11.6 Å². The molecule has 1 aliphatic heterocycles. The van der Waals surface area contributed by atoms with Gasteiger partial charge in [0.15, 0.2) is 0 Å². The number of piperazine rings is 1. The summed E-state index contributed by atoms with van der Waals surface area (Å²) in [4.78, 5) is 20.3. The second-order valence-corrected chi connectivity index (χ2v) is 8.03. The zero-order valence-electron chi connectivity index (χ0n) is 17.4. The van der Waals surface area contributed by atoms with Crippen molar-refractivity contribution in [1.29, 1.82) is 0 Å². The number of aliphatic hydroxyl groups is 1. The first-order valence-corrected chi connectivity index (χ1v) is 10.6. The van der Waals surface area contributed by atoms with E-state index in [0.29, 0.717) is 29.3 Å². The number of imidazole rings is 1. The molecule has 8 nitrogen and oxygen atoms in total. The second kappa shape index (κ2) is 9.13. The molecule has 4 rings (SSSR count). The lowest BCUT2D eigenvalue weighted by atomic mass is 10.1. The van der Waals surface area contributed by atoms with Crippen LogP contribution in [-0.4, -0.2) is 65.1 Å². The number of carbonyl (C=O) groups is 1. The van der Waals surface area contributed by atoms with Crippen LogP contribution in [0.4, 0.5) is 5.69 Å². The van der Waals surface area contributed by atoms with Crippen LogP contribution in [0.25, 0.3) is 16.9 Å². The SMILES string of the molecule is COc1cc(CO)c(-c2cn3ccc(N4CCN(CCC(N)=O)CC4)cc3n2)cc1Cl. The number of aliphatic hydroxyl groups excluding tert-OH is 1. The first kappa shape index (κ1) is 21.4. The number of anilines is 1. The highest BCUT2D eigenvalue weighted by Gasteiger charge is 2.19. The van der Waals surface area contributed by atoms with Crippen LogP contribution in [0.2, 0.25) is 5.02 Å². The van der Waals surface area contributed by atoms with Gasteiger partial charge in [-0.3, -0.25) is 9.69 Å². The summed E-state index contributed by atoms with van der Waals surface area (Å²) in [5.41, 5.74) is 9.40. The number of ether oxygens (including phenoxy) is 1. The van der Waals surface area contributed by atoms with Gasteiger partial charge in [0.05, 0.1) is 24.4 Å². The Bertz CT molecular complexity index is 1090. The third-order valence-electron chi connectivity index (χ3n) is 5.68. The van der Waals surface area contributed by atoms with Crippen molar-refractivity contribution < 1.29 is 14.6 Å². The van der Waals surface area contributed by atoms with Gasteiger partial charge < -0.3 is 24.9 Å². The molecular formula is C22H26ClN5O3. The monoisotopic (exact) mass is 443 g/mol. The maximum Gasteiger partial charge on any atom is 0.218 e. The van der Waals surface area contributed by atoms with Crippen molar-refractivity contribution in [3.8, 4) is 17.0 Å². The fourth-order valence-electron chi connectivity index (χ4n) is 3.92. The first-order chi connectivity index (χ1) is 15.0. The number of hydrogen-bond donors (Lipinski definition) is 2. The largest absolute Gasteiger partial charge is 0.495 e. The van der Waals surface area contributed by atoms with Gasteiger partial charge in [-0.15, -0.1) is 0 Å². The fraction of sp³-hybridized carbons (Fsp3) is 0.364. The molecular weight excluding hydrogens is 418 g/mol. The molecule has 3 N–H and O–H groups in total. The van der Waals surface area contributed by atoms with Gasteiger partial charge in [0, 0.05) is 68.9 Å². The topological polar surface area (TPSA) is 96.3 Å². The van der Waals surface area contributed by atoms with E-state index in [4.69, 9.17) is 27.1 Å². The highest BCUT2D eigenvalue weighted by atomic mass is 35.5. The van der Waals surface area contributed by atoms with Crippen molar-refractivity contribution >= 4 is 28.8 Å². The minimum atomic E-state index is -0.259. The summed E-state index contributed by atoms with van der Waals surface area (Å²) >= 11 is 6.31. The Morgan fingerprint density at radius 1 is 1.26 bits per heavy atom. The minimum Gasteiger partial charge on any atom is -0.495 e. The number of methoxy groups -OCH3 is 1. The summed E-state index contributed by atoms with van der Waals surface area (Å²) in [6, 6.07) is 7.66. The van der Waals surface area contributed by atoms with Crippen molar-refractivity contribution in [3.63, 3.8) is 0 Å². The maximum absolute atomic E-state index is 11.0. The van der Waals surface area contributed by atoms with Gasteiger partial charge in [-0.05, 0) is 23.8 Å². The molecule has 2 aromatic heterocycles. The van der Waals surface area contributed by atoms with Gasteiger partial charge in [-0.2, -0.15) is 0 Å². The number of nitrogens with two attached hydrogens (primary N) is 1. The summed E-state index contributed by atoms with van der Waals surface area (Å²) in [7, 11) is 1.55. The number of nitrogens with zero attached hydrogens (tertiary/aromatic N) is 4. The predicted octanol–water partition coefficient (Wildman–Crippen LogP) is 2.15. The highest BCUT2D eigenvalue weighted by molar-refractivity contribution is 6.32. The van der Waals surface area contributed by atoms with Crippen LogP contribution in [0.1, 0.15) is 12.0 Å². The van der Waals surface area contributed by atoms with E-state index in [0.717, 1.165) is 48.8 Å². The first-order valence-electron chi connectivity index (χ1n) is 10.2. The smallest absolute Gasteiger partial charge is 0.218 e. The molecule has 1 amide bonds. The minimum absolute atomic E-state index is 0.137. The zero-order chi connectivity index (χ0) is 22.0. The zero-order valence-corrected chi connectivity index (χ0v) is 18.2. The Balaban J connectivity index is 1.55. The van der Waals surface area contributed by atoms with Crippen molar-refractivity contribution in [2.45, 2.75) is 13.0 Å². The molecule has 31 heavy (non-hydrogen) atoms. The summed E-state index contributed by atoms with van der Waals surface area (Å²) < 4.78 is 7.21. The van der Waals surface area contributed by atoms with Crippen LogP contribution in [-0.2, 0) is 11.4 Å². The molecule has 0 aliphatic carbocycles. The number of pyridine rings is 1. The molecule has 1 fully saturated rings. The maximum atomic E-state index is 11.0. The number of benzene rings is 1. The van der Waals surface area contributed by atoms with E-state index in [9.17, 15) is 9.90 Å². The third-order valence-corrected chi connectivity index (χ3v) is 5.97. The van der Waals surface area contributed by atoms with Crippen LogP contribution in [0.5, 0.6) is 5.75 Å². The van der Waals surface area contributed by atoms with Crippen LogP contribution < -0.4 is 15.4 Å². The van der Waals surface area contributed by atoms with Gasteiger partial charge in [0.25, 0.3) is 0 Å². The molecule has 3 aromatic rings. The van der Waals surface area contributed by atoms with E-state index in [1.54, 1.807) is 19.2 Å². The molecule has 9 heteroatoms.